The first-order valence-corrected chi connectivity index (χ1v) is 11.1. The van der Waals surface area contributed by atoms with Gasteiger partial charge in [-0.05, 0) is 24.6 Å². The number of benzene rings is 3. The first kappa shape index (κ1) is 21.6. The zero-order valence-corrected chi connectivity index (χ0v) is 18.6. The molecule has 0 unspecified atom stereocenters. The smallest absolute Gasteiger partial charge is 0.291 e. The number of amides is 1. The fourth-order valence-corrected chi connectivity index (χ4v) is 4.32. The van der Waals surface area contributed by atoms with Crippen molar-refractivity contribution in [3.05, 3.63) is 112 Å². The molecule has 34 heavy (non-hydrogen) atoms. The van der Waals surface area contributed by atoms with Gasteiger partial charge >= 0.3 is 0 Å². The van der Waals surface area contributed by atoms with E-state index in [1.165, 1.54) is 6.07 Å². The Morgan fingerprint density at radius 1 is 0.971 bits per heavy atom. The molecule has 0 radical (unpaired) electrons. The molecule has 0 fully saturated rings. The van der Waals surface area contributed by atoms with Gasteiger partial charge in [0, 0.05) is 21.9 Å². The topological polar surface area (TPSA) is 68.9 Å². The minimum absolute atomic E-state index is 0.188. The van der Waals surface area contributed by atoms with E-state index in [-0.39, 0.29) is 30.9 Å². The minimum Gasteiger partial charge on any atom is -0.348 e. The van der Waals surface area contributed by atoms with E-state index in [1.807, 2.05) is 61.5 Å². The maximum atomic E-state index is 14.4. The average Bonchev–Trinajstić information content (AvgIpc) is 3.17. The Hall–Kier alpha value is -4.26. The van der Waals surface area contributed by atoms with Crippen molar-refractivity contribution in [2.45, 2.75) is 26.1 Å². The predicted octanol–water partition coefficient (Wildman–Crippen LogP) is 4.42. The normalized spacial score (nSPS) is 12.2. The molecular formula is C27H23FN4O2. The maximum Gasteiger partial charge on any atom is 0.291 e. The standard InChI is InChI=1S/C27H23FN4O2/c1-18(19-9-3-2-4-10-19)30-25(33)17-32-27(34)26-22(15-29-32)21-12-6-8-14-24(21)31(26)16-20-11-5-7-13-23(20)28/h2-15,18H,16-17H2,1H3,(H,30,33)/t18-/m0/s1. The fraction of sp³-hybridized carbons (Fsp3) is 0.148. The number of carbonyl (C=O) groups is 1. The molecule has 7 heteroatoms. The van der Waals surface area contributed by atoms with E-state index >= 15 is 0 Å². The van der Waals surface area contributed by atoms with E-state index < -0.39 is 5.56 Å². The highest BCUT2D eigenvalue weighted by molar-refractivity contribution is 6.07. The second kappa shape index (κ2) is 8.94. The number of nitrogens with one attached hydrogen (secondary N) is 1. The van der Waals surface area contributed by atoms with Crippen LogP contribution in [-0.4, -0.2) is 20.3 Å². The Balaban J connectivity index is 1.53. The lowest BCUT2D eigenvalue weighted by atomic mass is 10.1. The molecule has 0 saturated carbocycles. The number of halogens is 1. The van der Waals surface area contributed by atoms with Crippen LogP contribution in [0, 0.1) is 5.82 Å². The van der Waals surface area contributed by atoms with Gasteiger partial charge < -0.3 is 9.88 Å². The Kier molecular flexibility index (Phi) is 5.67. The summed E-state index contributed by atoms with van der Waals surface area (Å²) in [7, 11) is 0. The lowest BCUT2D eigenvalue weighted by Crippen LogP contribution is -2.35. The summed E-state index contributed by atoms with van der Waals surface area (Å²) in [5, 5.41) is 8.71. The van der Waals surface area contributed by atoms with Crippen LogP contribution in [0.1, 0.15) is 24.1 Å². The molecule has 5 rings (SSSR count). The number of hydrogen-bond acceptors (Lipinski definition) is 3. The molecule has 0 aliphatic rings. The maximum absolute atomic E-state index is 14.4. The molecule has 2 heterocycles. The van der Waals surface area contributed by atoms with Crippen LogP contribution in [0.25, 0.3) is 21.8 Å². The summed E-state index contributed by atoms with van der Waals surface area (Å²) in [5.74, 6) is -0.654. The molecule has 0 saturated heterocycles. The molecule has 1 amide bonds. The van der Waals surface area contributed by atoms with Crippen LogP contribution >= 0.6 is 0 Å². The number of rotatable bonds is 6. The second-order valence-corrected chi connectivity index (χ2v) is 8.26. The SMILES string of the molecule is C[C@H](NC(=O)Cn1ncc2c3ccccc3n(Cc3ccccc3F)c2c1=O)c1ccccc1. The molecule has 2 aromatic heterocycles. The van der Waals surface area contributed by atoms with Gasteiger partial charge in [-0.2, -0.15) is 5.10 Å². The Morgan fingerprint density at radius 3 is 2.47 bits per heavy atom. The van der Waals surface area contributed by atoms with Crippen molar-refractivity contribution < 1.29 is 9.18 Å². The van der Waals surface area contributed by atoms with Gasteiger partial charge in [-0.1, -0.05) is 66.7 Å². The third-order valence-corrected chi connectivity index (χ3v) is 6.03. The molecular weight excluding hydrogens is 431 g/mol. The highest BCUT2D eigenvalue weighted by Gasteiger charge is 2.18. The van der Waals surface area contributed by atoms with Gasteiger partial charge in [0.2, 0.25) is 5.91 Å². The highest BCUT2D eigenvalue weighted by atomic mass is 19.1. The van der Waals surface area contributed by atoms with Crippen LogP contribution in [-0.2, 0) is 17.9 Å². The lowest BCUT2D eigenvalue weighted by molar-refractivity contribution is -0.122. The predicted molar refractivity (Wildman–Crippen MR) is 130 cm³/mol. The van der Waals surface area contributed by atoms with Crippen LogP contribution in [0.2, 0.25) is 0 Å². The van der Waals surface area contributed by atoms with Crippen molar-refractivity contribution in [3.63, 3.8) is 0 Å². The average molecular weight is 455 g/mol. The highest BCUT2D eigenvalue weighted by Crippen LogP contribution is 2.27. The number of nitrogens with zero attached hydrogens (tertiary/aromatic N) is 3. The molecule has 0 bridgehead atoms. The van der Waals surface area contributed by atoms with Gasteiger partial charge in [-0.3, -0.25) is 9.59 Å². The van der Waals surface area contributed by atoms with Crippen LogP contribution in [0.4, 0.5) is 4.39 Å². The molecule has 0 spiro atoms. The summed E-state index contributed by atoms with van der Waals surface area (Å²) in [4.78, 5) is 26.2. The molecule has 1 atom stereocenters. The van der Waals surface area contributed by atoms with Crippen molar-refractivity contribution in [2.24, 2.45) is 0 Å². The summed E-state index contributed by atoms with van der Waals surface area (Å²) in [6.07, 6.45) is 1.60. The van der Waals surface area contributed by atoms with Gasteiger partial charge in [0.05, 0.1) is 18.8 Å². The number of aromatic nitrogens is 3. The number of fused-ring (bicyclic) bond motifs is 3. The third-order valence-electron chi connectivity index (χ3n) is 6.03. The molecule has 170 valence electrons. The quantitative estimate of drug-likeness (QED) is 0.413. The number of hydrogen-bond donors (Lipinski definition) is 1. The van der Waals surface area contributed by atoms with E-state index in [0.717, 1.165) is 21.1 Å². The van der Waals surface area contributed by atoms with Gasteiger partial charge in [0.1, 0.15) is 17.9 Å². The van der Waals surface area contributed by atoms with Crippen LogP contribution in [0.3, 0.4) is 0 Å². The van der Waals surface area contributed by atoms with Gasteiger partial charge in [0.15, 0.2) is 0 Å². The molecule has 5 aromatic rings. The lowest BCUT2D eigenvalue weighted by Gasteiger charge is -2.14. The molecule has 6 nitrogen and oxygen atoms in total. The summed E-state index contributed by atoms with van der Waals surface area (Å²) in [6, 6.07) is 23.5. The minimum atomic E-state index is -0.396. The number of carbonyl (C=O) groups excluding carboxylic acids is 1. The van der Waals surface area contributed by atoms with Crippen molar-refractivity contribution >= 4 is 27.7 Å². The van der Waals surface area contributed by atoms with E-state index in [0.29, 0.717) is 16.5 Å². The zero-order chi connectivity index (χ0) is 23.7. The van der Waals surface area contributed by atoms with Gasteiger partial charge in [0.25, 0.3) is 5.56 Å². The third kappa shape index (κ3) is 3.96. The summed E-state index contributed by atoms with van der Waals surface area (Å²) in [5.41, 5.74) is 2.24. The van der Waals surface area contributed by atoms with Gasteiger partial charge in [-0.25, -0.2) is 9.07 Å². The Labute approximate surface area is 195 Å². The van der Waals surface area contributed by atoms with Crippen LogP contribution in [0.5, 0.6) is 0 Å². The van der Waals surface area contributed by atoms with Gasteiger partial charge in [-0.15, -0.1) is 0 Å². The Bertz CT molecular complexity index is 1560. The van der Waals surface area contributed by atoms with Crippen LogP contribution in [0.15, 0.2) is 89.9 Å². The first-order chi connectivity index (χ1) is 16.5. The van der Waals surface area contributed by atoms with Crippen molar-refractivity contribution in [3.8, 4) is 0 Å². The van der Waals surface area contributed by atoms with E-state index in [2.05, 4.69) is 10.4 Å². The van der Waals surface area contributed by atoms with Crippen molar-refractivity contribution in [1.82, 2.24) is 19.7 Å². The summed E-state index contributed by atoms with van der Waals surface area (Å²) >= 11 is 0. The summed E-state index contributed by atoms with van der Waals surface area (Å²) < 4.78 is 17.4. The molecule has 0 aliphatic carbocycles. The monoisotopic (exact) mass is 454 g/mol. The van der Waals surface area contributed by atoms with Crippen LogP contribution < -0.4 is 10.9 Å². The molecule has 0 aliphatic heterocycles. The zero-order valence-electron chi connectivity index (χ0n) is 18.6. The largest absolute Gasteiger partial charge is 0.348 e. The summed E-state index contributed by atoms with van der Waals surface area (Å²) in [6.45, 7) is 1.86. The van der Waals surface area contributed by atoms with Crippen molar-refractivity contribution in [2.75, 3.05) is 0 Å². The first-order valence-electron chi connectivity index (χ1n) is 11.1. The van der Waals surface area contributed by atoms with E-state index in [1.54, 1.807) is 29.0 Å². The number of para-hydroxylation sites is 1. The second-order valence-electron chi connectivity index (χ2n) is 8.26. The molecule has 3 aromatic carbocycles. The fourth-order valence-electron chi connectivity index (χ4n) is 4.32. The Morgan fingerprint density at radius 2 is 1.68 bits per heavy atom. The van der Waals surface area contributed by atoms with E-state index in [9.17, 15) is 14.0 Å². The van der Waals surface area contributed by atoms with E-state index in [4.69, 9.17) is 0 Å². The molecule has 1 N–H and O–H groups in total. The van der Waals surface area contributed by atoms with Crippen molar-refractivity contribution in [1.29, 1.82) is 0 Å².